The number of rotatable bonds is 5. The SMILES string of the molecule is COC(=O)C1CC(O)CN1C(=O)CON=C1C=C2CCC3C(CC[C@@]4(C)C3CC[C@]4(O)C(C)=O)[C@@]2(C)CC1. The van der Waals surface area contributed by atoms with E-state index in [4.69, 9.17) is 9.57 Å². The maximum atomic E-state index is 12.7. The minimum Gasteiger partial charge on any atom is -0.467 e. The van der Waals surface area contributed by atoms with E-state index < -0.39 is 29.6 Å². The maximum absolute atomic E-state index is 12.7. The number of aliphatic hydroxyl groups excluding tert-OH is 1. The van der Waals surface area contributed by atoms with Crippen molar-refractivity contribution in [1.29, 1.82) is 0 Å². The van der Waals surface area contributed by atoms with Gasteiger partial charge in [-0.25, -0.2) is 4.79 Å². The zero-order valence-electron chi connectivity index (χ0n) is 23.1. The number of aliphatic hydroxyl groups is 2. The summed E-state index contributed by atoms with van der Waals surface area (Å²) in [5, 5.41) is 25.5. The van der Waals surface area contributed by atoms with Gasteiger partial charge in [-0.1, -0.05) is 24.6 Å². The molecule has 0 radical (unpaired) electrons. The highest BCUT2D eigenvalue weighted by molar-refractivity contribution is 5.96. The molecule has 8 atom stereocenters. The van der Waals surface area contributed by atoms with Gasteiger partial charge >= 0.3 is 5.97 Å². The van der Waals surface area contributed by atoms with Gasteiger partial charge in [-0.3, -0.25) is 9.59 Å². The molecule has 0 aromatic heterocycles. The molecular formula is C29H42N2O7. The average Bonchev–Trinajstić information content (AvgIpc) is 3.41. The molecule has 0 spiro atoms. The summed E-state index contributed by atoms with van der Waals surface area (Å²) < 4.78 is 4.76. The van der Waals surface area contributed by atoms with Crippen molar-refractivity contribution >= 4 is 23.4 Å². The van der Waals surface area contributed by atoms with Crippen LogP contribution in [-0.4, -0.2) is 76.5 Å². The van der Waals surface area contributed by atoms with Gasteiger partial charge in [0.1, 0.15) is 11.6 Å². The number of Topliss-reactive ketones (excluding diaryl/α,β-unsaturated/α-hetero) is 1. The van der Waals surface area contributed by atoms with Crippen LogP contribution in [0.1, 0.15) is 78.6 Å². The van der Waals surface area contributed by atoms with Gasteiger partial charge in [-0.05, 0) is 87.5 Å². The van der Waals surface area contributed by atoms with Crippen LogP contribution in [0.5, 0.6) is 0 Å². The number of likely N-dealkylation sites (tertiary alicyclic amines) is 1. The molecule has 1 saturated heterocycles. The first-order chi connectivity index (χ1) is 17.9. The van der Waals surface area contributed by atoms with Crippen LogP contribution in [0.4, 0.5) is 0 Å². The smallest absolute Gasteiger partial charge is 0.328 e. The molecule has 210 valence electrons. The van der Waals surface area contributed by atoms with E-state index in [-0.39, 0.29) is 36.2 Å². The Morgan fingerprint density at radius 3 is 2.55 bits per heavy atom. The number of hydrogen-bond donors (Lipinski definition) is 2. The van der Waals surface area contributed by atoms with Crippen LogP contribution in [0.3, 0.4) is 0 Å². The van der Waals surface area contributed by atoms with Gasteiger partial charge in [0.05, 0.1) is 18.9 Å². The molecule has 4 fully saturated rings. The third-order valence-corrected chi connectivity index (χ3v) is 11.2. The Balaban J connectivity index is 1.25. The van der Waals surface area contributed by atoms with E-state index in [0.29, 0.717) is 24.2 Å². The number of carbonyl (C=O) groups excluding carboxylic acids is 3. The molecule has 5 rings (SSSR count). The third kappa shape index (κ3) is 4.12. The number of esters is 1. The standard InChI is InChI=1S/C29H42N2O7/c1-17(32)29(36)12-9-23-21-6-5-18-13-19(7-10-27(18,2)22(21)8-11-28(23,29)3)30-38-16-25(34)31-15-20(33)14-24(31)26(35)37-4/h13,20-24,33,36H,5-12,14-16H2,1-4H3/t20?,21?,22?,23?,24?,27-,28-,29-/m0/s1. The molecule has 5 unspecified atom stereocenters. The second kappa shape index (κ2) is 9.73. The van der Waals surface area contributed by atoms with E-state index in [1.165, 1.54) is 17.6 Å². The Morgan fingerprint density at radius 2 is 1.84 bits per heavy atom. The number of oxime groups is 1. The van der Waals surface area contributed by atoms with Crippen LogP contribution >= 0.6 is 0 Å². The van der Waals surface area contributed by atoms with Crippen LogP contribution in [-0.2, 0) is 24.0 Å². The van der Waals surface area contributed by atoms with Gasteiger partial charge in [0.25, 0.3) is 5.91 Å². The van der Waals surface area contributed by atoms with Crippen molar-refractivity contribution in [2.75, 3.05) is 20.3 Å². The highest BCUT2D eigenvalue weighted by Gasteiger charge is 2.65. The van der Waals surface area contributed by atoms with Crippen molar-refractivity contribution in [1.82, 2.24) is 4.90 Å². The molecule has 5 aliphatic rings. The number of ether oxygens (including phenoxy) is 1. The zero-order chi connectivity index (χ0) is 27.5. The van der Waals surface area contributed by atoms with Crippen molar-refractivity contribution in [3.8, 4) is 0 Å². The lowest BCUT2D eigenvalue weighted by molar-refractivity contribution is -0.159. The van der Waals surface area contributed by atoms with Crippen molar-refractivity contribution in [2.24, 2.45) is 33.7 Å². The summed E-state index contributed by atoms with van der Waals surface area (Å²) in [6.45, 7) is 5.85. The third-order valence-electron chi connectivity index (χ3n) is 11.2. The van der Waals surface area contributed by atoms with E-state index in [0.717, 1.165) is 50.7 Å². The van der Waals surface area contributed by atoms with E-state index in [2.05, 4.69) is 25.1 Å². The van der Waals surface area contributed by atoms with Crippen molar-refractivity contribution < 1.29 is 34.2 Å². The molecule has 0 aromatic rings. The molecule has 0 bridgehead atoms. The first-order valence-electron chi connectivity index (χ1n) is 14.1. The molecule has 38 heavy (non-hydrogen) atoms. The highest BCUT2D eigenvalue weighted by atomic mass is 16.6. The number of allylic oxidation sites excluding steroid dienone is 2. The molecule has 4 aliphatic carbocycles. The van der Waals surface area contributed by atoms with Gasteiger partial charge in [0.15, 0.2) is 12.4 Å². The molecular weight excluding hydrogens is 488 g/mol. The maximum Gasteiger partial charge on any atom is 0.328 e. The van der Waals surface area contributed by atoms with Gasteiger partial charge < -0.3 is 24.7 Å². The van der Waals surface area contributed by atoms with Crippen LogP contribution < -0.4 is 0 Å². The lowest BCUT2D eigenvalue weighted by Crippen LogP contribution is -2.57. The fourth-order valence-electron chi connectivity index (χ4n) is 8.94. The fraction of sp³-hybridized carbons (Fsp3) is 0.793. The van der Waals surface area contributed by atoms with Gasteiger partial charge in [0, 0.05) is 18.4 Å². The number of hydrogen-bond acceptors (Lipinski definition) is 8. The van der Waals surface area contributed by atoms with Crippen molar-refractivity contribution in [2.45, 2.75) is 96.3 Å². The van der Waals surface area contributed by atoms with E-state index in [1.807, 2.05) is 0 Å². The number of nitrogens with zero attached hydrogens (tertiary/aromatic N) is 2. The predicted octanol–water partition coefficient (Wildman–Crippen LogP) is 2.78. The number of amides is 1. The van der Waals surface area contributed by atoms with Crippen molar-refractivity contribution in [3.05, 3.63) is 11.6 Å². The topological polar surface area (TPSA) is 126 Å². The molecule has 0 aromatic carbocycles. The first-order valence-corrected chi connectivity index (χ1v) is 14.1. The molecule has 1 aliphatic heterocycles. The number of ketones is 1. The Morgan fingerprint density at radius 1 is 1.11 bits per heavy atom. The Kier molecular flexibility index (Phi) is 7.00. The summed E-state index contributed by atoms with van der Waals surface area (Å²) in [4.78, 5) is 43.8. The minimum absolute atomic E-state index is 0.0649. The van der Waals surface area contributed by atoms with E-state index in [9.17, 15) is 24.6 Å². The second-order valence-corrected chi connectivity index (χ2v) is 12.7. The van der Waals surface area contributed by atoms with Crippen LogP contribution in [0, 0.1) is 28.6 Å². The molecule has 1 amide bonds. The molecule has 9 heteroatoms. The van der Waals surface area contributed by atoms with E-state index >= 15 is 0 Å². The van der Waals surface area contributed by atoms with E-state index in [1.54, 1.807) is 6.92 Å². The number of fused-ring (bicyclic) bond motifs is 5. The summed E-state index contributed by atoms with van der Waals surface area (Å²) in [6.07, 6.45) is 8.67. The number of methoxy groups -OCH3 is 1. The van der Waals surface area contributed by atoms with Gasteiger partial charge in [-0.2, -0.15) is 0 Å². The lowest BCUT2D eigenvalue weighted by Gasteiger charge is -2.59. The quantitative estimate of drug-likeness (QED) is 0.414. The van der Waals surface area contributed by atoms with Crippen LogP contribution in [0.25, 0.3) is 0 Å². The van der Waals surface area contributed by atoms with Crippen molar-refractivity contribution in [3.63, 3.8) is 0 Å². The number of β-amino-alcohol motifs (C(OH)–C–C–N with tert-alkyl or cyclic N) is 1. The largest absolute Gasteiger partial charge is 0.467 e. The summed E-state index contributed by atoms with van der Waals surface area (Å²) in [7, 11) is 1.27. The normalized spacial score (nSPS) is 43.1. The molecule has 3 saturated carbocycles. The molecule has 9 nitrogen and oxygen atoms in total. The van der Waals surface area contributed by atoms with Crippen LogP contribution in [0.15, 0.2) is 16.8 Å². The Bertz CT molecular complexity index is 1070. The summed E-state index contributed by atoms with van der Waals surface area (Å²) in [5.41, 5.74) is 0.746. The Labute approximate surface area is 224 Å². The second-order valence-electron chi connectivity index (χ2n) is 12.7. The average molecular weight is 531 g/mol. The summed E-state index contributed by atoms with van der Waals surface area (Å²) in [5.74, 6) is 0.381. The molecule has 1 heterocycles. The monoisotopic (exact) mass is 530 g/mol. The highest BCUT2D eigenvalue weighted by Crippen LogP contribution is 2.67. The van der Waals surface area contributed by atoms with Gasteiger partial charge in [-0.15, -0.1) is 0 Å². The fourth-order valence-corrected chi connectivity index (χ4v) is 8.94. The Hall–Kier alpha value is -2.26. The minimum atomic E-state index is -1.19. The zero-order valence-corrected chi connectivity index (χ0v) is 23.1. The number of carbonyl (C=O) groups is 3. The lowest BCUT2D eigenvalue weighted by atomic mass is 9.46. The molecule has 2 N–H and O–H groups in total. The first kappa shape index (κ1) is 27.3. The summed E-state index contributed by atoms with van der Waals surface area (Å²) in [6, 6.07) is -0.796. The van der Waals surface area contributed by atoms with Gasteiger partial charge in [0.2, 0.25) is 0 Å². The predicted molar refractivity (Wildman–Crippen MR) is 139 cm³/mol. The summed E-state index contributed by atoms with van der Waals surface area (Å²) >= 11 is 0. The van der Waals surface area contributed by atoms with Crippen LogP contribution in [0.2, 0.25) is 0 Å².